The van der Waals surface area contributed by atoms with Gasteiger partial charge in [-0.1, -0.05) is 54.6 Å². The van der Waals surface area contributed by atoms with Crippen molar-refractivity contribution < 1.29 is 14.6 Å². The van der Waals surface area contributed by atoms with Crippen molar-refractivity contribution in [3.05, 3.63) is 94.7 Å². The van der Waals surface area contributed by atoms with Crippen molar-refractivity contribution >= 4 is 16.8 Å². The van der Waals surface area contributed by atoms with Crippen molar-refractivity contribution in [3.8, 4) is 11.5 Å². The van der Waals surface area contributed by atoms with Crippen molar-refractivity contribution in [2.75, 3.05) is 13.6 Å². The van der Waals surface area contributed by atoms with Crippen LogP contribution in [-0.2, 0) is 29.5 Å². The van der Waals surface area contributed by atoms with Gasteiger partial charge in [0.1, 0.15) is 0 Å². The van der Waals surface area contributed by atoms with Crippen molar-refractivity contribution in [1.82, 2.24) is 15.2 Å². The highest BCUT2D eigenvalue weighted by Gasteiger charge is 2.73. The number of likely N-dealkylation sites (tertiary alicyclic amines) is 1. The smallest absolute Gasteiger partial charge is 0.224 e. The minimum absolute atomic E-state index is 0.0324. The second kappa shape index (κ2) is 7.17. The van der Waals surface area contributed by atoms with Crippen LogP contribution in [0.25, 0.3) is 10.9 Å². The first-order valence-corrected chi connectivity index (χ1v) is 13.2. The molecular formula is C31H29N3O3. The molecule has 4 aromatic rings. The molecule has 2 bridgehead atoms. The number of phenolic OH excluding ortho intramolecular Hbond substituents is 1. The Bertz CT molecular complexity index is 1590. The van der Waals surface area contributed by atoms with Crippen LogP contribution in [0.5, 0.6) is 11.5 Å². The van der Waals surface area contributed by atoms with Gasteiger partial charge >= 0.3 is 0 Å². The lowest BCUT2D eigenvalue weighted by Crippen LogP contribution is -2.80. The topological polar surface area (TPSA) is 77.6 Å². The minimum atomic E-state index is -0.569. The summed E-state index contributed by atoms with van der Waals surface area (Å²) in [5.41, 5.74) is 5.68. The van der Waals surface area contributed by atoms with Gasteiger partial charge in [-0.3, -0.25) is 4.79 Å². The van der Waals surface area contributed by atoms with E-state index in [2.05, 4.69) is 46.5 Å². The van der Waals surface area contributed by atoms with Gasteiger partial charge in [0.15, 0.2) is 17.6 Å². The number of aromatic amines is 1. The van der Waals surface area contributed by atoms with Gasteiger partial charge in [-0.25, -0.2) is 0 Å². The number of H-pyrrole nitrogens is 1. The molecule has 0 radical (unpaired) electrons. The second-order valence-corrected chi connectivity index (χ2v) is 11.3. The monoisotopic (exact) mass is 491 g/mol. The van der Waals surface area contributed by atoms with Crippen LogP contribution in [0.2, 0.25) is 0 Å². The summed E-state index contributed by atoms with van der Waals surface area (Å²) in [6, 6.07) is 22.3. The van der Waals surface area contributed by atoms with Gasteiger partial charge in [0.25, 0.3) is 0 Å². The van der Waals surface area contributed by atoms with Crippen LogP contribution in [0.1, 0.15) is 40.5 Å². The summed E-state index contributed by atoms with van der Waals surface area (Å²) >= 11 is 0. The molecule has 2 aliphatic carbocycles. The molecule has 1 aromatic heterocycles. The van der Waals surface area contributed by atoms with E-state index in [1.807, 2.05) is 36.4 Å². The first kappa shape index (κ1) is 21.3. The molecule has 3 N–H and O–H groups in total. The number of nitrogens with one attached hydrogen (secondary N) is 2. The number of benzene rings is 3. The number of carbonyl (C=O) groups excluding carboxylic acids is 1. The maximum atomic E-state index is 13.9. The molecular weight excluding hydrogens is 462 g/mol. The van der Waals surface area contributed by atoms with Crippen LogP contribution in [0.15, 0.2) is 66.7 Å². The van der Waals surface area contributed by atoms with Gasteiger partial charge in [-0.05, 0) is 55.3 Å². The van der Waals surface area contributed by atoms with Crippen molar-refractivity contribution in [2.24, 2.45) is 0 Å². The standard InChI is InChI=1S/C31H29N3O3/c1-34-14-13-30-26-19-11-12-23(35)28(26)37-29(30)27-21(20-9-5-6-10-22(20)32-27)17-31(30,24(34)16-19)33-25(36)15-18-7-3-2-4-8-18/h2-12,24,29,32,35H,13-17H2,1H3,(H,33,36)/t24-,29+,30+,31-/m1/s1. The lowest BCUT2D eigenvalue weighted by molar-refractivity contribution is -0.130. The zero-order valence-electron chi connectivity index (χ0n) is 20.8. The average Bonchev–Trinajstić information content (AvgIpc) is 3.44. The van der Waals surface area contributed by atoms with Crippen molar-refractivity contribution in [3.63, 3.8) is 0 Å². The van der Waals surface area contributed by atoms with Gasteiger partial charge in [0, 0.05) is 28.9 Å². The van der Waals surface area contributed by atoms with E-state index in [0.717, 1.165) is 48.1 Å². The fraction of sp³-hybridized carbons (Fsp3) is 0.323. The third-order valence-corrected chi connectivity index (χ3v) is 9.66. The first-order chi connectivity index (χ1) is 18.0. The van der Waals surface area contributed by atoms with E-state index in [1.165, 1.54) is 16.5 Å². The molecule has 6 heteroatoms. The molecule has 0 unspecified atom stereocenters. The molecule has 1 spiro atoms. The Hall–Kier alpha value is -3.77. The number of phenols is 1. The van der Waals surface area contributed by atoms with Gasteiger partial charge in [0.05, 0.1) is 23.1 Å². The molecule has 0 saturated carbocycles. The number of carbonyl (C=O) groups is 1. The number of aromatic hydroxyl groups is 1. The van der Waals surface area contributed by atoms with Crippen LogP contribution in [0, 0.1) is 0 Å². The number of ether oxygens (including phenoxy) is 1. The Labute approximate surface area is 215 Å². The molecule has 1 saturated heterocycles. The molecule has 6 nitrogen and oxygen atoms in total. The average molecular weight is 492 g/mol. The summed E-state index contributed by atoms with van der Waals surface area (Å²) in [4.78, 5) is 20.0. The van der Waals surface area contributed by atoms with Crippen LogP contribution >= 0.6 is 0 Å². The van der Waals surface area contributed by atoms with Gasteiger partial charge < -0.3 is 25.0 Å². The van der Waals surface area contributed by atoms with E-state index in [4.69, 9.17) is 4.74 Å². The fourth-order valence-corrected chi connectivity index (χ4v) is 8.21. The Balaban J connectivity index is 1.38. The number of fused-ring (bicyclic) bond motifs is 4. The quantitative estimate of drug-likeness (QED) is 0.402. The maximum absolute atomic E-state index is 13.9. The van der Waals surface area contributed by atoms with E-state index >= 15 is 0 Å². The highest BCUT2D eigenvalue weighted by Crippen LogP contribution is 2.68. The van der Waals surface area contributed by atoms with Crippen LogP contribution in [-0.4, -0.2) is 46.1 Å². The number of hydrogen-bond acceptors (Lipinski definition) is 4. The Morgan fingerprint density at radius 1 is 1.14 bits per heavy atom. The van der Waals surface area contributed by atoms with E-state index in [-0.39, 0.29) is 23.8 Å². The van der Waals surface area contributed by atoms with Crippen LogP contribution < -0.4 is 10.1 Å². The predicted molar refractivity (Wildman–Crippen MR) is 141 cm³/mol. The number of hydrogen-bond donors (Lipinski definition) is 3. The number of para-hydroxylation sites is 1. The van der Waals surface area contributed by atoms with Crippen molar-refractivity contribution in [1.29, 1.82) is 0 Å². The molecule has 4 atom stereocenters. The minimum Gasteiger partial charge on any atom is -0.504 e. The lowest BCUT2D eigenvalue weighted by Gasteiger charge is -2.64. The number of amides is 1. The number of rotatable bonds is 3. The lowest BCUT2D eigenvalue weighted by atomic mass is 9.47. The molecule has 8 rings (SSSR count). The Kier molecular flexibility index (Phi) is 4.13. The maximum Gasteiger partial charge on any atom is 0.224 e. The second-order valence-electron chi connectivity index (χ2n) is 11.3. The molecule has 1 fully saturated rings. The highest BCUT2D eigenvalue weighted by atomic mass is 16.5. The molecule has 186 valence electrons. The fourth-order valence-electron chi connectivity index (χ4n) is 8.21. The van der Waals surface area contributed by atoms with Crippen LogP contribution in [0.4, 0.5) is 0 Å². The summed E-state index contributed by atoms with van der Waals surface area (Å²) in [5.74, 6) is 0.811. The van der Waals surface area contributed by atoms with Crippen molar-refractivity contribution in [2.45, 2.75) is 48.8 Å². The normalized spacial score (nSPS) is 28.9. The molecule has 3 heterocycles. The summed E-state index contributed by atoms with van der Waals surface area (Å²) in [7, 11) is 2.19. The van der Waals surface area contributed by atoms with Crippen LogP contribution in [0.3, 0.4) is 0 Å². The van der Waals surface area contributed by atoms with E-state index < -0.39 is 11.0 Å². The van der Waals surface area contributed by atoms with Gasteiger partial charge in [-0.15, -0.1) is 0 Å². The first-order valence-electron chi connectivity index (χ1n) is 13.2. The largest absolute Gasteiger partial charge is 0.504 e. The molecule has 4 aliphatic rings. The summed E-state index contributed by atoms with van der Waals surface area (Å²) in [5, 5.41) is 15.8. The summed E-state index contributed by atoms with van der Waals surface area (Å²) < 4.78 is 6.77. The highest BCUT2D eigenvalue weighted by molar-refractivity contribution is 5.87. The Morgan fingerprint density at radius 3 is 2.81 bits per heavy atom. The molecule has 1 amide bonds. The Morgan fingerprint density at radius 2 is 1.95 bits per heavy atom. The zero-order chi connectivity index (χ0) is 24.9. The molecule has 37 heavy (non-hydrogen) atoms. The van der Waals surface area contributed by atoms with Gasteiger partial charge in [-0.2, -0.15) is 0 Å². The summed E-state index contributed by atoms with van der Waals surface area (Å²) in [6.07, 6.45) is 2.39. The zero-order valence-corrected chi connectivity index (χ0v) is 20.8. The third-order valence-electron chi connectivity index (χ3n) is 9.66. The number of nitrogens with zero attached hydrogens (tertiary/aromatic N) is 1. The number of aromatic nitrogens is 1. The van der Waals surface area contributed by atoms with Gasteiger partial charge in [0.2, 0.25) is 5.91 Å². The SMILES string of the molecule is CN1CC[C@]23c4c5ccc(O)c4O[C@H]2c2[nH]c4ccccc4c2C[C@@]3(NC(=O)Cc2ccccc2)[C@H]1C5. The van der Waals surface area contributed by atoms with E-state index in [0.29, 0.717) is 12.2 Å². The molecule has 2 aliphatic heterocycles. The number of piperidine rings is 1. The number of likely N-dealkylation sites (N-methyl/N-ethyl adjacent to an activating group) is 1. The van der Waals surface area contributed by atoms with E-state index in [1.54, 1.807) is 6.07 Å². The summed E-state index contributed by atoms with van der Waals surface area (Å²) in [6.45, 7) is 0.908. The predicted octanol–water partition coefficient (Wildman–Crippen LogP) is 4.16. The molecule has 3 aromatic carbocycles. The van der Waals surface area contributed by atoms with E-state index in [9.17, 15) is 9.90 Å². The third kappa shape index (κ3) is 2.56.